The molecule has 100 valence electrons. The van der Waals surface area contributed by atoms with Gasteiger partial charge in [-0.15, -0.1) is 0 Å². The maximum absolute atomic E-state index is 13.8. The second kappa shape index (κ2) is 5.72. The van der Waals surface area contributed by atoms with Crippen molar-refractivity contribution in [2.75, 3.05) is 0 Å². The van der Waals surface area contributed by atoms with Crippen molar-refractivity contribution in [1.82, 2.24) is 0 Å². The van der Waals surface area contributed by atoms with E-state index in [2.05, 4.69) is 15.9 Å². The highest BCUT2D eigenvalue weighted by Crippen LogP contribution is 2.33. The highest BCUT2D eigenvalue weighted by Gasteiger charge is 2.14. The van der Waals surface area contributed by atoms with Crippen LogP contribution >= 0.6 is 15.9 Å². The Morgan fingerprint density at radius 2 is 1.95 bits per heavy atom. The van der Waals surface area contributed by atoms with Crippen LogP contribution in [0.2, 0.25) is 0 Å². The van der Waals surface area contributed by atoms with Crippen molar-refractivity contribution in [3.63, 3.8) is 0 Å². The largest absolute Gasteiger partial charge is 0.457 e. The van der Waals surface area contributed by atoms with E-state index >= 15 is 0 Å². The number of hydrogen-bond donors (Lipinski definition) is 1. The van der Waals surface area contributed by atoms with E-state index in [1.165, 1.54) is 6.07 Å². The van der Waals surface area contributed by atoms with Crippen LogP contribution in [0.3, 0.4) is 0 Å². The molecule has 0 radical (unpaired) electrons. The molecule has 1 unspecified atom stereocenters. The average Bonchev–Trinajstić information content (AvgIpc) is 2.32. The molecular formula is C15H15BrFNO. The molecule has 2 rings (SSSR count). The number of ether oxygens (including phenoxy) is 1. The Hall–Kier alpha value is -1.39. The summed E-state index contributed by atoms with van der Waals surface area (Å²) in [6.45, 7) is 3.67. The average molecular weight is 324 g/mol. The van der Waals surface area contributed by atoms with Gasteiger partial charge in [-0.25, -0.2) is 4.39 Å². The van der Waals surface area contributed by atoms with Crippen molar-refractivity contribution >= 4 is 15.9 Å². The molecule has 0 aliphatic rings. The van der Waals surface area contributed by atoms with E-state index in [1.54, 1.807) is 19.1 Å². The number of rotatable bonds is 3. The molecule has 2 N–H and O–H groups in total. The third kappa shape index (κ3) is 3.14. The summed E-state index contributed by atoms with van der Waals surface area (Å²) in [5, 5.41) is 0. The first kappa shape index (κ1) is 14.0. The van der Waals surface area contributed by atoms with Gasteiger partial charge in [-0.2, -0.15) is 0 Å². The molecular weight excluding hydrogens is 309 g/mol. The van der Waals surface area contributed by atoms with Crippen LogP contribution in [-0.2, 0) is 0 Å². The van der Waals surface area contributed by atoms with Crippen LogP contribution < -0.4 is 10.5 Å². The number of nitrogens with two attached hydrogens (primary N) is 1. The molecule has 2 aromatic rings. The lowest BCUT2D eigenvalue weighted by Gasteiger charge is -2.15. The first-order valence-corrected chi connectivity index (χ1v) is 6.76. The second-order valence-corrected chi connectivity index (χ2v) is 5.37. The van der Waals surface area contributed by atoms with Gasteiger partial charge in [0.1, 0.15) is 17.3 Å². The monoisotopic (exact) mass is 323 g/mol. The first-order chi connectivity index (χ1) is 8.99. The molecule has 0 amide bonds. The van der Waals surface area contributed by atoms with Crippen molar-refractivity contribution in [2.45, 2.75) is 19.9 Å². The van der Waals surface area contributed by atoms with Crippen LogP contribution in [-0.4, -0.2) is 0 Å². The SMILES string of the molecule is Cc1cc(Br)ccc1Oc1cccc(F)c1C(C)N. The van der Waals surface area contributed by atoms with E-state index in [0.717, 1.165) is 10.0 Å². The number of aryl methyl sites for hydroxylation is 1. The number of hydrogen-bond acceptors (Lipinski definition) is 2. The molecule has 1 atom stereocenters. The summed E-state index contributed by atoms with van der Waals surface area (Å²) in [5.41, 5.74) is 7.16. The predicted molar refractivity (Wildman–Crippen MR) is 78.0 cm³/mol. The highest BCUT2D eigenvalue weighted by molar-refractivity contribution is 9.10. The molecule has 2 nitrogen and oxygen atoms in total. The van der Waals surface area contributed by atoms with Crippen molar-refractivity contribution in [3.05, 3.63) is 57.8 Å². The lowest BCUT2D eigenvalue weighted by Crippen LogP contribution is -2.09. The Kier molecular flexibility index (Phi) is 4.22. The molecule has 0 fully saturated rings. The van der Waals surface area contributed by atoms with E-state index in [0.29, 0.717) is 17.1 Å². The van der Waals surface area contributed by atoms with Gasteiger partial charge in [0, 0.05) is 16.1 Å². The standard InChI is InChI=1S/C15H15BrFNO/c1-9-8-11(16)6-7-13(9)19-14-5-3-4-12(17)15(14)10(2)18/h3-8,10H,18H2,1-2H3. The summed E-state index contributed by atoms with van der Waals surface area (Å²) in [6, 6.07) is 9.98. The van der Waals surface area contributed by atoms with Crippen LogP contribution in [0.1, 0.15) is 24.1 Å². The molecule has 2 aromatic carbocycles. The smallest absolute Gasteiger partial charge is 0.135 e. The Morgan fingerprint density at radius 3 is 2.58 bits per heavy atom. The van der Waals surface area contributed by atoms with Crippen LogP contribution in [0.25, 0.3) is 0 Å². The Balaban J connectivity index is 2.41. The lowest BCUT2D eigenvalue weighted by atomic mass is 10.1. The van der Waals surface area contributed by atoms with Gasteiger partial charge < -0.3 is 10.5 Å². The van der Waals surface area contributed by atoms with Gasteiger partial charge in [-0.1, -0.05) is 22.0 Å². The van der Waals surface area contributed by atoms with Crippen LogP contribution in [0, 0.1) is 12.7 Å². The molecule has 0 heterocycles. The third-order valence-electron chi connectivity index (χ3n) is 2.83. The van der Waals surface area contributed by atoms with Gasteiger partial charge in [0.2, 0.25) is 0 Å². The Labute approximate surface area is 120 Å². The van der Waals surface area contributed by atoms with Gasteiger partial charge in [0.05, 0.1) is 0 Å². The van der Waals surface area contributed by atoms with Gasteiger partial charge in [0.15, 0.2) is 0 Å². The lowest BCUT2D eigenvalue weighted by molar-refractivity contribution is 0.457. The summed E-state index contributed by atoms with van der Waals surface area (Å²) < 4.78 is 20.6. The number of benzene rings is 2. The normalized spacial score (nSPS) is 12.3. The Bertz CT molecular complexity index is 599. The quantitative estimate of drug-likeness (QED) is 0.887. The van der Waals surface area contributed by atoms with E-state index < -0.39 is 6.04 Å². The minimum atomic E-state index is -0.424. The summed E-state index contributed by atoms with van der Waals surface area (Å²) >= 11 is 3.40. The van der Waals surface area contributed by atoms with Gasteiger partial charge in [-0.3, -0.25) is 0 Å². The predicted octanol–water partition coefficient (Wildman–Crippen LogP) is 4.71. The van der Waals surface area contributed by atoms with Gasteiger partial charge >= 0.3 is 0 Å². The molecule has 0 aliphatic carbocycles. The molecule has 0 saturated heterocycles. The molecule has 0 saturated carbocycles. The number of halogens is 2. The van der Waals surface area contributed by atoms with Crippen molar-refractivity contribution in [3.8, 4) is 11.5 Å². The summed E-state index contributed by atoms with van der Waals surface area (Å²) in [5.74, 6) is 0.804. The zero-order valence-corrected chi connectivity index (χ0v) is 12.4. The van der Waals surface area contributed by atoms with E-state index in [9.17, 15) is 4.39 Å². The van der Waals surface area contributed by atoms with Gasteiger partial charge in [-0.05, 0) is 49.7 Å². The summed E-state index contributed by atoms with van der Waals surface area (Å²) in [7, 11) is 0. The van der Waals surface area contributed by atoms with Crippen LogP contribution in [0.5, 0.6) is 11.5 Å². The molecule has 19 heavy (non-hydrogen) atoms. The van der Waals surface area contributed by atoms with Crippen LogP contribution in [0.4, 0.5) is 4.39 Å². The van der Waals surface area contributed by atoms with E-state index in [-0.39, 0.29) is 5.82 Å². The molecule has 0 aromatic heterocycles. The summed E-state index contributed by atoms with van der Waals surface area (Å²) in [6.07, 6.45) is 0. The van der Waals surface area contributed by atoms with Gasteiger partial charge in [0.25, 0.3) is 0 Å². The maximum Gasteiger partial charge on any atom is 0.135 e. The topological polar surface area (TPSA) is 35.2 Å². The van der Waals surface area contributed by atoms with Crippen molar-refractivity contribution in [2.24, 2.45) is 5.73 Å². The highest BCUT2D eigenvalue weighted by atomic mass is 79.9. The fourth-order valence-electron chi connectivity index (χ4n) is 1.89. The molecule has 4 heteroatoms. The fraction of sp³-hybridized carbons (Fsp3) is 0.200. The third-order valence-corrected chi connectivity index (χ3v) is 3.32. The minimum absolute atomic E-state index is 0.345. The van der Waals surface area contributed by atoms with Crippen LogP contribution in [0.15, 0.2) is 40.9 Å². The van der Waals surface area contributed by atoms with Crippen molar-refractivity contribution in [1.29, 1.82) is 0 Å². The molecule has 0 bridgehead atoms. The summed E-state index contributed by atoms with van der Waals surface area (Å²) in [4.78, 5) is 0. The van der Waals surface area contributed by atoms with E-state index in [1.807, 2.05) is 25.1 Å². The minimum Gasteiger partial charge on any atom is -0.457 e. The molecule has 0 aliphatic heterocycles. The van der Waals surface area contributed by atoms with E-state index in [4.69, 9.17) is 10.5 Å². The molecule has 0 spiro atoms. The maximum atomic E-state index is 13.8. The second-order valence-electron chi connectivity index (χ2n) is 4.45. The van der Waals surface area contributed by atoms with Crippen molar-refractivity contribution < 1.29 is 9.13 Å². The first-order valence-electron chi connectivity index (χ1n) is 5.97. The zero-order chi connectivity index (χ0) is 14.0. The fourth-order valence-corrected chi connectivity index (χ4v) is 2.37. The zero-order valence-electron chi connectivity index (χ0n) is 10.8. The Morgan fingerprint density at radius 1 is 1.21 bits per heavy atom.